The van der Waals surface area contributed by atoms with Crippen LogP contribution in [0.15, 0.2) is 54.6 Å². The van der Waals surface area contributed by atoms with E-state index in [2.05, 4.69) is 5.32 Å². The predicted molar refractivity (Wildman–Crippen MR) is 120 cm³/mol. The number of nitrogens with zero attached hydrogens (tertiary/aromatic N) is 1. The molecule has 1 amide bonds. The van der Waals surface area contributed by atoms with Gasteiger partial charge in [0.1, 0.15) is 5.75 Å². The minimum absolute atomic E-state index is 0.0297. The van der Waals surface area contributed by atoms with Gasteiger partial charge in [-0.05, 0) is 44.0 Å². The first kappa shape index (κ1) is 23.2. The molecule has 8 heteroatoms. The summed E-state index contributed by atoms with van der Waals surface area (Å²) >= 11 is 0. The molecular weight excluding hydrogens is 416 g/mol. The number of sulfonamides is 1. The molecule has 2 aromatic carbocycles. The summed E-state index contributed by atoms with van der Waals surface area (Å²) in [6.45, 7) is 6.04. The molecular formula is C23H30N2O5S. The van der Waals surface area contributed by atoms with Crippen molar-refractivity contribution in [2.45, 2.75) is 39.1 Å². The van der Waals surface area contributed by atoms with Gasteiger partial charge in [0.15, 0.2) is 6.10 Å². The minimum atomic E-state index is -3.46. The molecule has 1 heterocycles. The summed E-state index contributed by atoms with van der Waals surface area (Å²) in [6, 6.07) is 17.5. The molecule has 3 rings (SSSR count). The van der Waals surface area contributed by atoms with Crippen LogP contribution in [0.3, 0.4) is 0 Å². The van der Waals surface area contributed by atoms with Gasteiger partial charge in [-0.2, -0.15) is 4.31 Å². The van der Waals surface area contributed by atoms with Gasteiger partial charge in [0.05, 0.1) is 18.0 Å². The maximum atomic E-state index is 12.6. The summed E-state index contributed by atoms with van der Waals surface area (Å²) in [7, 11) is -3.46. The fourth-order valence-corrected chi connectivity index (χ4v) is 5.04. The topological polar surface area (TPSA) is 84.9 Å². The van der Waals surface area contributed by atoms with Crippen molar-refractivity contribution < 1.29 is 22.7 Å². The first-order valence-corrected chi connectivity index (χ1v) is 12.1. The Bertz CT molecular complexity index is 953. The Balaban J connectivity index is 1.47. The Kier molecular flexibility index (Phi) is 7.69. The molecule has 0 bridgehead atoms. The lowest BCUT2D eigenvalue weighted by molar-refractivity contribution is -0.127. The molecule has 3 atom stereocenters. The van der Waals surface area contributed by atoms with Gasteiger partial charge in [0.2, 0.25) is 10.0 Å². The summed E-state index contributed by atoms with van der Waals surface area (Å²) in [4.78, 5) is 12.3. The minimum Gasteiger partial charge on any atom is -0.481 e. The number of rotatable bonds is 8. The fourth-order valence-electron chi connectivity index (χ4n) is 3.55. The van der Waals surface area contributed by atoms with Crippen molar-refractivity contribution in [2.24, 2.45) is 0 Å². The van der Waals surface area contributed by atoms with Crippen LogP contribution < -0.4 is 10.1 Å². The van der Waals surface area contributed by atoms with E-state index in [0.717, 1.165) is 11.1 Å². The highest BCUT2D eigenvalue weighted by molar-refractivity contribution is 7.89. The third-order valence-corrected chi connectivity index (χ3v) is 6.89. The number of hydrogen-bond acceptors (Lipinski definition) is 5. The Hall–Kier alpha value is -2.42. The van der Waals surface area contributed by atoms with E-state index in [1.165, 1.54) is 4.31 Å². The highest BCUT2D eigenvalue weighted by atomic mass is 32.2. The van der Waals surface area contributed by atoms with Gasteiger partial charge < -0.3 is 14.8 Å². The summed E-state index contributed by atoms with van der Waals surface area (Å²) in [6.07, 6.45) is -1.03. The monoisotopic (exact) mass is 446 g/mol. The average molecular weight is 447 g/mol. The lowest BCUT2D eigenvalue weighted by Crippen LogP contribution is -2.50. The highest BCUT2D eigenvalue weighted by Crippen LogP contribution is 2.22. The Morgan fingerprint density at radius 2 is 1.65 bits per heavy atom. The molecule has 3 unspecified atom stereocenters. The third kappa shape index (κ3) is 6.53. The van der Waals surface area contributed by atoms with E-state index in [-0.39, 0.29) is 30.4 Å². The van der Waals surface area contributed by atoms with Crippen LogP contribution in [-0.4, -0.2) is 62.3 Å². The molecule has 0 spiro atoms. The summed E-state index contributed by atoms with van der Waals surface area (Å²) in [5, 5.41) is 2.66. The molecule has 1 aliphatic heterocycles. The maximum absolute atomic E-state index is 12.6. The summed E-state index contributed by atoms with van der Waals surface area (Å²) in [5.74, 6) is 0.0636. The van der Waals surface area contributed by atoms with Crippen LogP contribution in [0.1, 0.15) is 20.8 Å². The highest BCUT2D eigenvalue weighted by Gasteiger charge is 2.30. The summed E-state index contributed by atoms with van der Waals surface area (Å²) in [5.41, 5.74) is 2.16. The Morgan fingerprint density at radius 3 is 2.26 bits per heavy atom. The van der Waals surface area contributed by atoms with Gasteiger partial charge in [-0.15, -0.1) is 0 Å². The lowest BCUT2D eigenvalue weighted by Gasteiger charge is -2.34. The Morgan fingerprint density at radius 1 is 1.06 bits per heavy atom. The molecule has 2 aromatic rings. The standard InChI is InChI=1S/C23H30N2O5S/c1-17-15-25(16-18(2)29-17)31(27,28)14-13-24-23(26)19(3)30-22-11-9-21(10-12-22)20-7-5-4-6-8-20/h4-12,17-19H,13-16H2,1-3H3,(H,24,26). The van der Waals surface area contributed by atoms with E-state index in [1.54, 1.807) is 6.92 Å². The van der Waals surface area contributed by atoms with Crippen molar-refractivity contribution in [3.05, 3.63) is 54.6 Å². The van der Waals surface area contributed by atoms with E-state index in [9.17, 15) is 13.2 Å². The first-order chi connectivity index (χ1) is 14.7. The zero-order chi connectivity index (χ0) is 22.4. The van der Waals surface area contributed by atoms with Gasteiger partial charge in [0, 0.05) is 19.6 Å². The number of carbonyl (C=O) groups excluding carboxylic acids is 1. The molecule has 1 aliphatic rings. The van der Waals surface area contributed by atoms with Crippen molar-refractivity contribution in [2.75, 3.05) is 25.4 Å². The molecule has 31 heavy (non-hydrogen) atoms. The van der Waals surface area contributed by atoms with Crippen molar-refractivity contribution in [3.63, 3.8) is 0 Å². The number of nitrogens with one attached hydrogen (secondary N) is 1. The molecule has 1 fully saturated rings. The second-order valence-corrected chi connectivity index (χ2v) is 9.92. The molecule has 7 nitrogen and oxygen atoms in total. The summed E-state index contributed by atoms with van der Waals surface area (Å²) < 4.78 is 37.8. The van der Waals surface area contributed by atoms with Crippen molar-refractivity contribution in [1.29, 1.82) is 0 Å². The van der Waals surface area contributed by atoms with Crippen LogP contribution >= 0.6 is 0 Å². The van der Waals surface area contributed by atoms with Crippen molar-refractivity contribution in [3.8, 4) is 16.9 Å². The van der Waals surface area contributed by atoms with E-state index in [4.69, 9.17) is 9.47 Å². The number of benzene rings is 2. The van der Waals surface area contributed by atoms with Crippen molar-refractivity contribution in [1.82, 2.24) is 9.62 Å². The normalized spacial score (nSPS) is 20.7. The number of hydrogen-bond donors (Lipinski definition) is 1. The van der Waals surface area contributed by atoms with E-state index in [0.29, 0.717) is 18.8 Å². The first-order valence-electron chi connectivity index (χ1n) is 10.5. The molecule has 168 valence electrons. The molecule has 0 radical (unpaired) electrons. The van der Waals surface area contributed by atoms with E-state index < -0.39 is 16.1 Å². The van der Waals surface area contributed by atoms with Gasteiger partial charge in [-0.1, -0.05) is 42.5 Å². The second-order valence-electron chi connectivity index (χ2n) is 7.83. The zero-order valence-corrected chi connectivity index (χ0v) is 19.0. The molecule has 0 aromatic heterocycles. The number of morpholine rings is 1. The van der Waals surface area contributed by atoms with Crippen LogP contribution in [0, 0.1) is 0 Å². The second kappa shape index (κ2) is 10.3. The van der Waals surface area contributed by atoms with Crippen LogP contribution in [0.2, 0.25) is 0 Å². The molecule has 0 saturated carbocycles. The zero-order valence-electron chi connectivity index (χ0n) is 18.2. The average Bonchev–Trinajstić information content (AvgIpc) is 2.74. The molecule has 1 saturated heterocycles. The van der Waals surface area contributed by atoms with Gasteiger partial charge in [0.25, 0.3) is 5.91 Å². The van der Waals surface area contributed by atoms with Crippen LogP contribution in [-0.2, 0) is 19.6 Å². The Labute approximate surface area is 184 Å². The maximum Gasteiger partial charge on any atom is 0.260 e. The van der Waals surface area contributed by atoms with Gasteiger partial charge >= 0.3 is 0 Å². The number of ether oxygens (including phenoxy) is 2. The fraction of sp³-hybridized carbons (Fsp3) is 0.435. The SMILES string of the molecule is CC1CN(S(=O)(=O)CCNC(=O)C(C)Oc2ccc(-c3ccccc3)cc2)CC(C)O1. The lowest BCUT2D eigenvalue weighted by atomic mass is 10.1. The van der Waals surface area contributed by atoms with Crippen LogP contribution in [0.25, 0.3) is 11.1 Å². The number of carbonyl (C=O) groups is 1. The largest absolute Gasteiger partial charge is 0.481 e. The van der Waals surface area contributed by atoms with Crippen LogP contribution in [0.5, 0.6) is 5.75 Å². The smallest absolute Gasteiger partial charge is 0.260 e. The molecule has 1 N–H and O–H groups in total. The van der Waals surface area contributed by atoms with Crippen molar-refractivity contribution >= 4 is 15.9 Å². The van der Waals surface area contributed by atoms with E-state index in [1.807, 2.05) is 68.4 Å². The third-order valence-electron chi connectivity index (χ3n) is 5.08. The van der Waals surface area contributed by atoms with Gasteiger partial charge in [-0.25, -0.2) is 8.42 Å². The van der Waals surface area contributed by atoms with Crippen LogP contribution in [0.4, 0.5) is 0 Å². The van der Waals surface area contributed by atoms with E-state index >= 15 is 0 Å². The number of amides is 1. The quantitative estimate of drug-likeness (QED) is 0.674. The predicted octanol–water partition coefficient (Wildman–Crippen LogP) is 2.68. The van der Waals surface area contributed by atoms with Gasteiger partial charge in [-0.3, -0.25) is 4.79 Å². The molecule has 0 aliphatic carbocycles.